The van der Waals surface area contributed by atoms with Crippen molar-refractivity contribution >= 4 is 5.76 Å². The summed E-state index contributed by atoms with van der Waals surface area (Å²) in [6.07, 6.45) is -0.508. The molecule has 2 N–H and O–H groups in total. The highest BCUT2D eigenvalue weighted by molar-refractivity contribution is 5.57. The van der Waals surface area contributed by atoms with Crippen LogP contribution in [0, 0.1) is 0 Å². The van der Waals surface area contributed by atoms with Gasteiger partial charge in [0, 0.05) is 11.1 Å². The van der Waals surface area contributed by atoms with E-state index in [1.165, 1.54) is 5.56 Å². The number of hydrogen-bond donors (Lipinski definition) is 1. The van der Waals surface area contributed by atoms with Gasteiger partial charge in [-0.25, -0.2) is 0 Å². The van der Waals surface area contributed by atoms with E-state index in [-0.39, 0.29) is 5.41 Å². The SMILES string of the molecule is C=C(OC(N)c1ccc(C(C)(C)C)cc1)c1ccccc1. The molecule has 1 atom stereocenters. The third-order valence-electron chi connectivity index (χ3n) is 3.47. The topological polar surface area (TPSA) is 35.2 Å². The van der Waals surface area contributed by atoms with Crippen molar-refractivity contribution in [1.29, 1.82) is 0 Å². The van der Waals surface area contributed by atoms with E-state index in [1.54, 1.807) is 0 Å². The Morgan fingerprint density at radius 1 is 1.00 bits per heavy atom. The molecule has 2 nitrogen and oxygen atoms in total. The first-order valence-electron chi connectivity index (χ1n) is 7.15. The average molecular weight is 281 g/mol. The van der Waals surface area contributed by atoms with Gasteiger partial charge in [-0.15, -0.1) is 0 Å². The summed E-state index contributed by atoms with van der Waals surface area (Å²) in [5.74, 6) is 0.586. The maximum atomic E-state index is 6.11. The molecule has 0 amide bonds. The van der Waals surface area contributed by atoms with Gasteiger partial charge >= 0.3 is 0 Å². The van der Waals surface area contributed by atoms with Gasteiger partial charge in [0.2, 0.25) is 0 Å². The van der Waals surface area contributed by atoms with Crippen LogP contribution in [0.4, 0.5) is 0 Å². The molecule has 0 spiro atoms. The lowest BCUT2D eigenvalue weighted by Gasteiger charge is -2.21. The Hall–Kier alpha value is -2.06. The first kappa shape index (κ1) is 15.3. The standard InChI is InChI=1S/C19H23NO/c1-14(15-8-6-5-7-9-15)21-18(20)16-10-12-17(13-11-16)19(2,3)4/h5-13,18H,1,20H2,2-4H3. The van der Waals surface area contributed by atoms with Crippen LogP contribution in [0.3, 0.4) is 0 Å². The summed E-state index contributed by atoms with van der Waals surface area (Å²) >= 11 is 0. The molecule has 1 unspecified atom stereocenters. The fourth-order valence-electron chi connectivity index (χ4n) is 2.09. The molecule has 2 rings (SSSR count). The van der Waals surface area contributed by atoms with Crippen molar-refractivity contribution < 1.29 is 4.74 Å². The van der Waals surface area contributed by atoms with Gasteiger partial charge < -0.3 is 4.74 Å². The van der Waals surface area contributed by atoms with Gasteiger partial charge in [-0.2, -0.15) is 0 Å². The predicted molar refractivity (Wildman–Crippen MR) is 88.6 cm³/mol. The lowest BCUT2D eigenvalue weighted by molar-refractivity contribution is 0.177. The first-order valence-corrected chi connectivity index (χ1v) is 7.15. The van der Waals surface area contributed by atoms with Crippen LogP contribution in [0.5, 0.6) is 0 Å². The Labute approximate surface area is 127 Å². The molecule has 2 heteroatoms. The molecule has 2 aromatic carbocycles. The van der Waals surface area contributed by atoms with Crippen molar-refractivity contribution in [3.8, 4) is 0 Å². The second-order valence-corrected chi connectivity index (χ2v) is 6.20. The molecule has 0 heterocycles. The minimum atomic E-state index is -0.508. The summed E-state index contributed by atoms with van der Waals surface area (Å²) in [4.78, 5) is 0. The fourth-order valence-corrected chi connectivity index (χ4v) is 2.09. The van der Waals surface area contributed by atoms with Crippen molar-refractivity contribution in [3.05, 3.63) is 77.9 Å². The van der Waals surface area contributed by atoms with Crippen molar-refractivity contribution in [2.24, 2.45) is 5.73 Å². The van der Waals surface area contributed by atoms with Crippen molar-refractivity contribution in [2.45, 2.75) is 32.4 Å². The number of benzene rings is 2. The number of rotatable bonds is 4. The molecule has 0 radical (unpaired) electrons. The second kappa shape index (κ2) is 6.15. The Bertz CT molecular complexity index is 594. The highest BCUT2D eigenvalue weighted by atomic mass is 16.5. The van der Waals surface area contributed by atoms with Crippen LogP contribution in [0.25, 0.3) is 5.76 Å². The Morgan fingerprint density at radius 2 is 1.57 bits per heavy atom. The molecule has 21 heavy (non-hydrogen) atoms. The van der Waals surface area contributed by atoms with Gasteiger partial charge in [0.15, 0.2) is 6.23 Å². The molecule has 0 aliphatic heterocycles. The van der Waals surface area contributed by atoms with E-state index < -0.39 is 6.23 Å². The maximum Gasteiger partial charge on any atom is 0.174 e. The quantitative estimate of drug-likeness (QED) is 0.655. The zero-order valence-corrected chi connectivity index (χ0v) is 13.0. The Kier molecular flexibility index (Phi) is 4.49. The van der Waals surface area contributed by atoms with Crippen LogP contribution in [0.2, 0.25) is 0 Å². The van der Waals surface area contributed by atoms with E-state index in [0.717, 1.165) is 11.1 Å². The zero-order chi connectivity index (χ0) is 15.5. The van der Waals surface area contributed by atoms with Gasteiger partial charge in [0.05, 0.1) is 0 Å². The van der Waals surface area contributed by atoms with Crippen molar-refractivity contribution in [3.63, 3.8) is 0 Å². The van der Waals surface area contributed by atoms with E-state index in [2.05, 4.69) is 39.5 Å². The molecular weight excluding hydrogens is 258 g/mol. The zero-order valence-electron chi connectivity index (χ0n) is 13.0. The Balaban J connectivity index is 2.07. The van der Waals surface area contributed by atoms with Gasteiger partial charge in [-0.3, -0.25) is 5.73 Å². The summed E-state index contributed by atoms with van der Waals surface area (Å²) < 4.78 is 5.73. The lowest BCUT2D eigenvalue weighted by Crippen LogP contribution is -2.15. The van der Waals surface area contributed by atoms with Crippen LogP contribution in [0.1, 0.15) is 43.7 Å². The molecule has 0 saturated heterocycles. The molecule has 0 aliphatic carbocycles. The first-order chi connectivity index (χ1) is 9.88. The molecule has 0 aromatic heterocycles. The maximum absolute atomic E-state index is 6.11. The minimum Gasteiger partial charge on any atom is -0.471 e. The third kappa shape index (κ3) is 3.96. The van der Waals surface area contributed by atoms with Crippen molar-refractivity contribution in [2.75, 3.05) is 0 Å². The van der Waals surface area contributed by atoms with E-state index in [9.17, 15) is 0 Å². The largest absolute Gasteiger partial charge is 0.471 e. The fraction of sp³-hybridized carbons (Fsp3) is 0.263. The second-order valence-electron chi connectivity index (χ2n) is 6.20. The monoisotopic (exact) mass is 281 g/mol. The summed E-state index contributed by atoms with van der Waals surface area (Å²) in [5.41, 5.74) is 9.41. The molecular formula is C19H23NO. The van der Waals surface area contributed by atoms with Crippen LogP contribution in [-0.4, -0.2) is 0 Å². The third-order valence-corrected chi connectivity index (χ3v) is 3.47. The van der Waals surface area contributed by atoms with Gasteiger partial charge in [-0.1, -0.05) is 81.9 Å². The summed E-state index contributed by atoms with van der Waals surface area (Å²) in [6, 6.07) is 18.0. The van der Waals surface area contributed by atoms with E-state index in [1.807, 2.05) is 42.5 Å². The van der Waals surface area contributed by atoms with Crippen molar-refractivity contribution in [1.82, 2.24) is 0 Å². The highest BCUT2D eigenvalue weighted by Gasteiger charge is 2.15. The molecule has 110 valence electrons. The van der Waals surface area contributed by atoms with Crippen LogP contribution < -0.4 is 5.73 Å². The van der Waals surface area contributed by atoms with E-state index >= 15 is 0 Å². The van der Waals surface area contributed by atoms with E-state index in [4.69, 9.17) is 10.5 Å². The lowest BCUT2D eigenvalue weighted by atomic mass is 9.86. The summed E-state index contributed by atoms with van der Waals surface area (Å²) in [6.45, 7) is 10.5. The predicted octanol–water partition coefficient (Wildman–Crippen LogP) is 4.63. The van der Waals surface area contributed by atoms with Gasteiger partial charge in [0.1, 0.15) is 5.76 Å². The average Bonchev–Trinajstić information content (AvgIpc) is 2.47. The number of nitrogens with two attached hydrogens (primary N) is 1. The minimum absolute atomic E-state index is 0.136. The van der Waals surface area contributed by atoms with Crippen LogP contribution in [0.15, 0.2) is 61.2 Å². The molecule has 0 fully saturated rings. The number of ether oxygens (including phenoxy) is 1. The smallest absolute Gasteiger partial charge is 0.174 e. The van der Waals surface area contributed by atoms with Crippen LogP contribution in [-0.2, 0) is 10.2 Å². The van der Waals surface area contributed by atoms with Gasteiger partial charge in [-0.05, 0) is 11.0 Å². The number of hydrogen-bond acceptors (Lipinski definition) is 2. The molecule has 2 aromatic rings. The summed E-state index contributed by atoms with van der Waals surface area (Å²) in [5, 5.41) is 0. The molecule has 0 aliphatic rings. The highest BCUT2D eigenvalue weighted by Crippen LogP contribution is 2.25. The van der Waals surface area contributed by atoms with Crippen LogP contribution >= 0.6 is 0 Å². The normalized spacial score (nSPS) is 12.8. The van der Waals surface area contributed by atoms with Gasteiger partial charge in [0.25, 0.3) is 0 Å². The Morgan fingerprint density at radius 3 is 2.10 bits per heavy atom. The van der Waals surface area contributed by atoms with E-state index in [0.29, 0.717) is 5.76 Å². The molecule has 0 saturated carbocycles. The summed E-state index contributed by atoms with van der Waals surface area (Å²) in [7, 11) is 0. The molecule has 0 bridgehead atoms.